The van der Waals surface area contributed by atoms with Crippen molar-refractivity contribution in [3.05, 3.63) is 75.9 Å². The van der Waals surface area contributed by atoms with Crippen LogP contribution < -0.4 is 5.43 Å². The lowest BCUT2D eigenvalue weighted by atomic mass is 10.1. The first-order valence-corrected chi connectivity index (χ1v) is 7.77. The summed E-state index contributed by atoms with van der Waals surface area (Å²) in [7, 11) is 0. The number of rotatable bonds is 4. The molecule has 0 atom stereocenters. The van der Waals surface area contributed by atoms with Crippen molar-refractivity contribution in [2.24, 2.45) is 5.10 Å². The monoisotopic (exact) mass is 358 g/mol. The van der Waals surface area contributed by atoms with Crippen molar-refractivity contribution in [1.82, 2.24) is 15.6 Å². The minimum Gasteiger partial charge on any atom is -0.277 e. The molecule has 3 aromatic rings. The van der Waals surface area contributed by atoms with E-state index in [4.69, 9.17) is 23.2 Å². The Morgan fingerprint density at radius 2 is 1.67 bits per heavy atom. The van der Waals surface area contributed by atoms with Crippen LogP contribution in [0.1, 0.15) is 15.9 Å². The number of nitrogens with one attached hydrogen (secondary N) is 2. The molecule has 2 N–H and O–H groups in total. The molecule has 0 aliphatic rings. The van der Waals surface area contributed by atoms with Crippen LogP contribution in [0, 0.1) is 0 Å². The zero-order valence-electron chi connectivity index (χ0n) is 12.3. The summed E-state index contributed by atoms with van der Waals surface area (Å²) in [6.45, 7) is 0. The summed E-state index contributed by atoms with van der Waals surface area (Å²) in [5.41, 5.74) is 5.39. The molecule has 24 heavy (non-hydrogen) atoms. The Kier molecular flexibility index (Phi) is 4.93. The van der Waals surface area contributed by atoms with Crippen molar-refractivity contribution in [2.45, 2.75) is 0 Å². The number of aromatic amines is 1. The van der Waals surface area contributed by atoms with Crippen molar-refractivity contribution < 1.29 is 4.79 Å². The van der Waals surface area contributed by atoms with Gasteiger partial charge in [0.15, 0.2) is 0 Å². The second-order valence-electron chi connectivity index (χ2n) is 4.91. The molecule has 2 aromatic carbocycles. The smallest absolute Gasteiger partial charge is 0.271 e. The fourth-order valence-corrected chi connectivity index (χ4v) is 2.32. The van der Waals surface area contributed by atoms with E-state index in [1.165, 1.54) is 6.21 Å². The predicted octanol–water partition coefficient (Wildman–Crippen LogP) is 4.15. The maximum atomic E-state index is 12.0. The molecule has 0 aliphatic heterocycles. The normalized spacial score (nSPS) is 10.9. The molecule has 0 spiro atoms. The number of halogens is 2. The first-order valence-electron chi connectivity index (χ1n) is 7.02. The van der Waals surface area contributed by atoms with Crippen LogP contribution in [-0.4, -0.2) is 22.3 Å². The first-order chi connectivity index (χ1) is 11.6. The molecule has 0 saturated heterocycles. The van der Waals surface area contributed by atoms with Gasteiger partial charge in [-0.3, -0.25) is 9.89 Å². The molecule has 1 aromatic heterocycles. The van der Waals surface area contributed by atoms with Crippen LogP contribution in [-0.2, 0) is 0 Å². The fraction of sp³-hybridized carbons (Fsp3) is 0. The van der Waals surface area contributed by atoms with Gasteiger partial charge < -0.3 is 0 Å². The number of carbonyl (C=O) groups is 1. The molecule has 0 saturated carbocycles. The summed E-state index contributed by atoms with van der Waals surface area (Å²) in [4.78, 5) is 12.0. The van der Waals surface area contributed by atoms with Crippen LogP contribution in [0.3, 0.4) is 0 Å². The maximum absolute atomic E-state index is 12.0. The number of amides is 1. The standard InChI is InChI=1S/C17H12Cl2N4O/c18-14-5-1-11(2-6-14)16-13(9-20-22-16)10-21-23-17(24)12-3-7-15(19)8-4-12/h1-10H,(H,20,22)(H,23,24)/b21-10-. The average Bonchev–Trinajstić information content (AvgIpc) is 3.04. The number of nitrogens with zero attached hydrogens (tertiary/aromatic N) is 2. The molecule has 0 radical (unpaired) electrons. The van der Waals surface area contributed by atoms with Gasteiger partial charge >= 0.3 is 0 Å². The minimum atomic E-state index is -0.320. The van der Waals surface area contributed by atoms with Gasteiger partial charge in [-0.15, -0.1) is 0 Å². The van der Waals surface area contributed by atoms with Gasteiger partial charge in [0.05, 0.1) is 18.1 Å². The van der Waals surface area contributed by atoms with E-state index >= 15 is 0 Å². The van der Waals surface area contributed by atoms with Gasteiger partial charge in [-0.25, -0.2) is 5.43 Å². The number of hydrazone groups is 1. The van der Waals surface area contributed by atoms with Gasteiger partial charge in [-0.2, -0.15) is 10.2 Å². The van der Waals surface area contributed by atoms with Crippen LogP contribution in [0.15, 0.2) is 59.8 Å². The van der Waals surface area contributed by atoms with Gasteiger partial charge in [0.1, 0.15) is 0 Å². The second-order valence-corrected chi connectivity index (χ2v) is 5.79. The lowest BCUT2D eigenvalue weighted by molar-refractivity contribution is 0.0955. The highest BCUT2D eigenvalue weighted by Crippen LogP contribution is 2.21. The Hall–Kier alpha value is -2.63. The van der Waals surface area contributed by atoms with Gasteiger partial charge in [0.2, 0.25) is 0 Å². The SMILES string of the molecule is O=C(N/N=C\c1cn[nH]c1-c1ccc(Cl)cc1)c1ccc(Cl)cc1. The number of carbonyl (C=O) groups excluding carboxylic acids is 1. The van der Waals surface area contributed by atoms with E-state index in [2.05, 4.69) is 20.7 Å². The van der Waals surface area contributed by atoms with Crippen molar-refractivity contribution >= 4 is 35.3 Å². The molecule has 0 unspecified atom stereocenters. The van der Waals surface area contributed by atoms with E-state index in [9.17, 15) is 4.79 Å². The minimum absolute atomic E-state index is 0.320. The lowest BCUT2D eigenvalue weighted by Gasteiger charge is -2.01. The molecule has 3 rings (SSSR count). The third-order valence-corrected chi connectivity index (χ3v) is 3.78. The second kappa shape index (κ2) is 7.29. The predicted molar refractivity (Wildman–Crippen MR) is 95.5 cm³/mol. The zero-order chi connectivity index (χ0) is 16.9. The van der Waals surface area contributed by atoms with Crippen LogP contribution in [0.2, 0.25) is 10.0 Å². The summed E-state index contributed by atoms with van der Waals surface area (Å²) in [6.07, 6.45) is 3.16. The van der Waals surface area contributed by atoms with Gasteiger partial charge in [-0.1, -0.05) is 35.3 Å². The summed E-state index contributed by atoms with van der Waals surface area (Å²) in [6, 6.07) is 13.9. The van der Waals surface area contributed by atoms with Crippen LogP contribution >= 0.6 is 23.2 Å². The summed E-state index contributed by atoms with van der Waals surface area (Å²) in [5, 5.41) is 12.1. The van der Waals surface area contributed by atoms with Crippen molar-refractivity contribution in [1.29, 1.82) is 0 Å². The topological polar surface area (TPSA) is 70.1 Å². The Bertz CT molecular complexity index is 870. The lowest BCUT2D eigenvalue weighted by Crippen LogP contribution is -2.17. The van der Waals surface area contributed by atoms with Crippen LogP contribution in [0.25, 0.3) is 11.3 Å². The highest BCUT2D eigenvalue weighted by molar-refractivity contribution is 6.31. The van der Waals surface area contributed by atoms with Crippen molar-refractivity contribution in [3.63, 3.8) is 0 Å². The molecule has 7 heteroatoms. The molecule has 5 nitrogen and oxygen atoms in total. The van der Waals surface area contributed by atoms with Crippen molar-refractivity contribution in [3.8, 4) is 11.3 Å². The van der Waals surface area contributed by atoms with Crippen molar-refractivity contribution in [2.75, 3.05) is 0 Å². The molecule has 0 fully saturated rings. The Labute approximate surface area is 148 Å². The van der Waals surface area contributed by atoms with Gasteiger partial charge in [0.25, 0.3) is 5.91 Å². The highest BCUT2D eigenvalue weighted by Gasteiger charge is 2.07. The number of aromatic nitrogens is 2. The summed E-state index contributed by atoms with van der Waals surface area (Å²) >= 11 is 11.7. The molecule has 1 heterocycles. The van der Waals surface area contributed by atoms with Gasteiger partial charge in [-0.05, 0) is 36.4 Å². The average molecular weight is 359 g/mol. The summed E-state index contributed by atoms with van der Waals surface area (Å²) < 4.78 is 0. The Morgan fingerprint density at radius 1 is 1.04 bits per heavy atom. The summed E-state index contributed by atoms with van der Waals surface area (Å²) in [5.74, 6) is -0.320. The van der Waals surface area contributed by atoms with Crippen LogP contribution in [0.4, 0.5) is 0 Å². The van der Waals surface area contributed by atoms with Crippen LogP contribution in [0.5, 0.6) is 0 Å². The van der Waals surface area contributed by atoms with E-state index in [1.54, 1.807) is 42.6 Å². The number of H-pyrrole nitrogens is 1. The van der Waals surface area contributed by atoms with E-state index in [1.807, 2.05) is 12.1 Å². The molecular formula is C17H12Cl2N4O. The fourth-order valence-electron chi connectivity index (χ4n) is 2.07. The highest BCUT2D eigenvalue weighted by atomic mass is 35.5. The zero-order valence-corrected chi connectivity index (χ0v) is 13.8. The number of hydrogen-bond donors (Lipinski definition) is 2. The molecule has 0 aliphatic carbocycles. The molecule has 0 bridgehead atoms. The number of benzene rings is 2. The Balaban J connectivity index is 1.71. The number of hydrogen-bond acceptors (Lipinski definition) is 3. The van der Waals surface area contributed by atoms with E-state index < -0.39 is 0 Å². The van der Waals surface area contributed by atoms with E-state index in [0.717, 1.165) is 16.8 Å². The molecular weight excluding hydrogens is 347 g/mol. The largest absolute Gasteiger partial charge is 0.277 e. The quantitative estimate of drug-likeness (QED) is 0.543. The first kappa shape index (κ1) is 16.2. The third-order valence-electron chi connectivity index (χ3n) is 3.28. The maximum Gasteiger partial charge on any atom is 0.271 e. The molecule has 120 valence electrons. The van der Waals surface area contributed by atoms with E-state index in [-0.39, 0.29) is 5.91 Å². The Morgan fingerprint density at radius 3 is 2.33 bits per heavy atom. The van der Waals surface area contributed by atoms with Gasteiger partial charge in [0, 0.05) is 26.7 Å². The third kappa shape index (κ3) is 3.82. The van der Waals surface area contributed by atoms with E-state index in [0.29, 0.717) is 15.6 Å². The molecule has 1 amide bonds.